The van der Waals surface area contributed by atoms with Crippen LogP contribution < -0.4 is 14.2 Å². The van der Waals surface area contributed by atoms with Crippen molar-refractivity contribution in [2.24, 2.45) is 0 Å². The summed E-state index contributed by atoms with van der Waals surface area (Å²) in [5, 5.41) is 1.78. The summed E-state index contributed by atoms with van der Waals surface area (Å²) in [6.07, 6.45) is 9.15. The van der Waals surface area contributed by atoms with E-state index in [4.69, 9.17) is 14.2 Å². The molecule has 0 spiro atoms. The first-order valence-corrected chi connectivity index (χ1v) is 10.7. The SMILES string of the molecule is CCCCCCOc1cc(OC(C)=O)c2ccccc2c1OCCCCCC. The van der Waals surface area contributed by atoms with E-state index in [1.165, 1.54) is 32.6 Å². The summed E-state index contributed by atoms with van der Waals surface area (Å²) in [6.45, 7) is 7.10. The quantitative estimate of drug-likeness (QED) is 0.219. The van der Waals surface area contributed by atoms with Crippen LogP contribution in [0.4, 0.5) is 0 Å². The van der Waals surface area contributed by atoms with Crippen LogP contribution in [0.3, 0.4) is 0 Å². The molecule has 0 saturated heterocycles. The van der Waals surface area contributed by atoms with Crippen molar-refractivity contribution in [3.05, 3.63) is 30.3 Å². The molecule has 0 atom stereocenters. The smallest absolute Gasteiger partial charge is 0.308 e. The van der Waals surface area contributed by atoms with Gasteiger partial charge >= 0.3 is 5.97 Å². The van der Waals surface area contributed by atoms with E-state index in [1.54, 1.807) is 6.07 Å². The molecular weight excluding hydrogens is 352 g/mol. The summed E-state index contributed by atoms with van der Waals surface area (Å²) in [6, 6.07) is 9.64. The molecule has 2 aromatic carbocycles. The Hall–Kier alpha value is -2.23. The molecule has 28 heavy (non-hydrogen) atoms. The maximum atomic E-state index is 11.6. The van der Waals surface area contributed by atoms with Gasteiger partial charge in [-0.2, -0.15) is 0 Å². The fourth-order valence-corrected chi connectivity index (χ4v) is 3.20. The van der Waals surface area contributed by atoms with Crippen molar-refractivity contribution in [2.75, 3.05) is 13.2 Å². The minimum absolute atomic E-state index is 0.340. The summed E-state index contributed by atoms with van der Waals surface area (Å²) in [7, 11) is 0. The van der Waals surface area contributed by atoms with E-state index >= 15 is 0 Å². The van der Waals surface area contributed by atoms with Gasteiger partial charge < -0.3 is 14.2 Å². The summed E-state index contributed by atoms with van der Waals surface area (Å²) < 4.78 is 17.7. The second kappa shape index (κ2) is 12.3. The summed E-state index contributed by atoms with van der Waals surface area (Å²) in [5.74, 6) is 1.58. The number of fused-ring (bicyclic) bond motifs is 1. The van der Waals surface area contributed by atoms with Gasteiger partial charge in [-0.25, -0.2) is 0 Å². The lowest BCUT2D eigenvalue weighted by Gasteiger charge is -2.17. The lowest BCUT2D eigenvalue weighted by Crippen LogP contribution is -2.06. The minimum Gasteiger partial charge on any atom is -0.490 e. The Labute approximate surface area is 169 Å². The van der Waals surface area contributed by atoms with Crippen molar-refractivity contribution >= 4 is 16.7 Å². The molecule has 0 aliphatic heterocycles. The fourth-order valence-electron chi connectivity index (χ4n) is 3.20. The molecule has 0 fully saturated rings. The molecule has 0 aliphatic carbocycles. The number of hydrogen-bond acceptors (Lipinski definition) is 4. The van der Waals surface area contributed by atoms with Crippen molar-refractivity contribution in [3.8, 4) is 17.2 Å². The van der Waals surface area contributed by atoms with Gasteiger partial charge in [-0.15, -0.1) is 0 Å². The molecule has 0 unspecified atom stereocenters. The molecule has 0 heterocycles. The van der Waals surface area contributed by atoms with Crippen molar-refractivity contribution in [2.45, 2.75) is 72.1 Å². The van der Waals surface area contributed by atoms with E-state index in [2.05, 4.69) is 13.8 Å². The highest BCUT2D eigenvalue weighted by Gasteiger charge is 2.16. The lowest BCUT2D eigenvalue weighted by molar-refractivity contribution is -0.131. The molecular formula is C24H34O4. The molecule has 0 aliphatic rings. The Morgan fingerprint density at radius 3 is 2.00 bits per heavy atom. The third kappa shape index (κ3) is 6.74. The maximum Gasteiger partial charge on any atom is 0.308 e. The highest BCUT2D eigenvalue weighted by atomic mass is 16.5. The van der Waals surface area contributed by atoms with E-state index in [0.29, 0.717) is 24.7 Å². The molecule has 0 bridgehead atoms. The first kappa shape index (κ1) is 22.1. The molecule has 0 N–H and O–H groups in total. The molecule has 4 nitrogen and oxygen atoms in total. The maximum absolute atomic E-state index is 11.6. The monoisotopic (exact) mass is 386 g/mol. The van der Waals surface area contributed by atoms with Crippen LogP contribution in [0.1, 0.15) is 72.1 Å². The molecule has 4 heteroatoms. The van der Waals surface area contributed by atoms with Crippen molar-refractivity contribution in [3.63, 3.8) is 0 Å². The summed E-state index contributed by atoms with van der Waals surface area (Å²) >= 11 is 0. The Bertz CT molecular complexity index is 739. The zero-order chi connectivity index (χ0) is 20.2. The molecule has 0 saturated carbocycles. The molecule has 0 aromatic heterocycles. The van der Waals surface area contributed by atoms with Crippen LogP contribution in [0, 0.1) is 0 Å². The van der Waals surface area contributed by atoms with Crippen LogP contribution in [0.5, 0.6) is 17.2 Å². The van der Waals surface area contributed by atoms with Gasteiger partial charge in [-0.05, 0) is 12.8 Å². The first-order valence-electron chi connectivity index (χ1n) is 10.7. The predicted octanol–water partition coefficient (Wildman–Crippen LogP) is 6.68. The predicted molar refractivity (Wildman–Crippen MR) is 115 cm³/mol. The van der Waals surface area contributed by atoms with E-state index in [9.17, 15) is 4.79 Å². The topological polar surface area (TPSA) is 44.8 Å². The second-order valence-corrected chi connectivity index (χ2v) is 7.16. The normalized spacial score (nSPS) is 10.8. The largest absolute Gasteiger partial charge is 0.490 e. The van der Waals surface area contributed by atoms with Crippen molar-refractivity contribution < 1.29 is 19.0 Å². The standard InChI is InChI=1S/C24H34O4/c1-4-6-8-12-16-26-23-18-22(28-19(3)25)20-14-10-11-15-21(20)24(23)27-17-13-9-7-5-2/h10-11,14-15,18H,4-9,12-13,16-17H2,1-3H3. The average molecular weight is 387 g/mol. The first-order chi connectivity index (χ1) is 13.7. The van der Waals surface area contributed by atoms with E-state index in [0.717, 1.165) is 42.2 Å². The Morgan fingerprint density at radius 1 is 0.786 bits per heavy atom. The van der Waals surface area contributed by atoms with E-state index in [1.807, 2.05) is 24.3 Å². The minimum atomic E-state index is -0.340. The zero-order valence-electron chi connectivity index (χ0n) is 17.6. The zero-order valence-corrected chi connectivity index (χ0v) is 17.6. The number of unbranched alkanes of at least 4 members (excludes halogenated alkanes) is 6. The highest BCUT2D eigenvalue weighted by Crippen LogP contribution is 2.42. The van der Waals surface area contributed by atoms with Crippen LogP contribution in [0.15, 0.2) is 30.3 Å². The number of ether oxygens (including phenoxy) is 3. The van der Waals surface area contributed by atoms with Gasteiger partial charge in [0.1, 0.15) is 5.75 Å². The third-order valence-corrected chi connectivity index (χ3v) is 4.68. The summed E-state index contributed by atoms with van der Waals surface area (Å²) in [4.78, 5) is 11.6. The number of carbonyl (C=O) groups is 1. The average Bonchev–Trinajstić information content (AvgIpc) is 2.69. The van der Waals surface area contributed by atoms with Gasteiger partial charge in [-0.3, -0.25) is 4.79 Å². The molecule has 0 amide bonds. The van der Waals surface area contributed by atoms with Gasteiger partial charge in [-0.1, -0.05) is 76.6 Å². The van der Waals surface area contributed by atoms with Crippen LogP contribution >= 0.6 is 0 Å². The molecule has 0 radical (unpaired) electrons. The highest BCUT2D eigenvalue weighted by molar-refractivity contribution is 5.96. The van der Waals surface area contributed by atoms with Gasteiger partial charge in [0.15, 0.2) is 11.5 Å². The van der Waals surface area contributed by atoms with Crippen LogP contribution in [0.2, 0.25) is 0 Å². The lowest BCUT2D eigenvalue weighted by atomic mass is 10.1. The Morgan fingerprint density at radius 2 is 1.39 bits per heavy atom. The van der Waals surface area contributed by atoms with Crippen molar-refractivity contribution in [1.29, 1.82) is 0 Å². The van der Waals surface area contributed by atoms with E-state index in [-0.39, 0.29) is 5.97 Å². The second-order valence-electron chi connectivity index (χ2n) is 7.16. The summed E-state index contributed by atoms with van der Waals surface area (Å²) in [5.41, 5.74) is 0. The Kier molecular flexibility index (Phi) is 9.67. The van der Waals surface area contributed by atoms with Crippen LogP contribution in [-0.2, 0) is 4.79 Å². The number of esters is 1. The molecule has 2 rings (SSSR count). The number of benzene rings is 2. The Balaban J connectivity index is 2.26. The van der Waals surface area contributed by atoms with Gasteiger partial charge in [0.05, 0.1) is 13.2 Å². The number of carbonyl (C=O) groups excluding carboxylic acids is 1. The molecule has 154 valence electrons. The van der Waals surface area contributed by atoms with Crippen LogP contribution in [0.25, 0.3) is 10.8 Å². The van der Waals surface area contributed by atoms with E-state index < -0.39 is 0 Å². The fraction of sp³-hybridized carbons (Fsp3) is 0.542. The van der Waals surface area contributed by atoms with Gasteiger partial charge in [0.2, 0.25) is 0 Å². The van der Waals surface area contributed by atoms with Crippen molar-refractivity contribution in [1.82, 2.24) is 0 Å². The van der Waals surface area contributed by atoms with Crippen LogP contribution in [-0.4, -0.2) is 19.2 Å². The van der Waals surface area contributed by atoms with Gasteiger partial charge in [0.25, 0.3) is 0 Å². The van der Waals surface area contributed by atoms with Gasteiger partial charge in [0, 0.05) is 23.8 Å². The molecule has 2 aromatic rings. The third-order valence-electron chi connectivity index (χ3n) is 4.68. The number of hydrogen-bond donors (Lipinski definition) is 0. The number of rotatable bonds is 13.